The molecule has 1 heterocycles. The Morgan fingerprint density at radius 3 is 2.70 bits per heavy atom. The van der Waals surface area contributed by atoms with Crippen LogP contribution in [0, 0.1) is 0 Å². The van der Waals surface area contributed by atoms with Crippen molar-refractivity contribution in [3.05, 3.63) is 36.0 Å². The summed E-state index contributed by atoms with van der Waals surface area (Å²) in [6.45, 7) is 5.52. The van der Waals surface area contributed by atoms with Gasteiger partial charge in [0.15, 0.2) is 0 Å². The molecule has 0 saturated carbocycles. The molecule has 0 aliphatic heterocycles. The molecule has 1 aromatic carbocycles. The van der Waals surface area contributed by atoms with Crippen molar-refractivity contribution in [2.75, 3.05) is 0 Å². The second kappa shape index (κ2) is 5.49. The third-order valence-corrected chi connectivity index (χ3v) is 2.94. The number of hydrogen-bond donors (Lipinski definition) is 0. The highest BCUT2D eigenvalue weighted by Gasteiger charge is 2.19. The largest absolute Gasteiger partial charge is 0.443 e. The van der Waals surface area contributed by atoms with Gasteiger partial charge in [0, 0.05) is 18.0 Å². The minimum atomic E-state index is -0.525. The Morgan fingerprint density at radius 2 is 2.05 bits per heavy atom. The molecule has 0 unspecified atom stereocenters. The Bertz CT molecular complexity index is 635. The molecule has 0 aliphatic rings. The molecule has 0 saturated heterocycles. The monoisotopic (exact) mass is 273 g/mol. The molecule has 0 spiro atoms. The molecule has 0 amide bonds. The molecule has 0 aliphatic carbocycles. The Hall–Kier alpha value is -2.10. The molecule has 0 atom stereocenters. The number of aromatic nitrogens is 1. The van der Waals surface area contributed by atoms with Crippen LogP contribution >= 0.6 is 0 Å². The molecular weight excluding hydrogens is 254 g/mol. The topological polar surface area (TPSA) is 48.3 Å². The molecular formula is C16H19NO3. The SMILES string of the molecule is CC(C)(C)OC(=O)n1ccc2c(CCC=O)cccc21. The molecule has 0 radical (unpaired) electrons. The first-order valence-corrected chi connectivity index (χ1v) is 6.68. The number of aryl methyl sites for hydroxylation is 1. The van der Waals surface area contributed by atoms with E-state index in [0.29, 0.717) is 12.8 Å². The van der Waals surface area contributed by atoms with Gasteiger partial charge in [-0.1, -0.05) is 12.1 Å². The third-order valence-electron chi connectivity index (χ3n) is 2.94. The predicted octanol–water partition coefficient (Wildman–Crippen LogP) is 3.56. The third kappa shape index (κ3) is 3.07. The van der Waals surface area contributed by atoms with Gasteiger partial charge in [0.2, 0.25) is 0 Å². The standard InChI is InChI=1S/C16H19NO3/c1-16(2,3)20-15(19)17-10-9-13-12(7-5-11-18)6-4-8-14(13)17/h4,6,8-11H,5,7H2,1-3H3. The van der Waals surface area contributed by atoms with Gasteiger partial charge in [-0.05, 0) is 44.9 Å². The predicted molar refractivity (Wildman–Crippen MR) is 78.0 cm³/mol. The van der Waals surface area contributed by atoms with E-state index in [1.807, 2.05) is 45.0 Å². The van der Waals surface area contributed by atoms with Gasteiger partial charge in [0.1, 0.15) is 11.9 Å². The molecule has 20 heavy (non-hydrogen) atoms. The normalized spacial score (nSPS) is 11.6. The Balaban J connectivity index is 2.37. The van der Waals surface area contributed by atoms with E-state index >= 15 is 0 Å². The lowest BCUT2D eigenvalue weighted by atomic mass is 10.1. The van der Waals surface area contributed by atoms with Gasteiger partial charge in [0.25, 0.3) is 0 Å². The fourth-order valence-electron chi connectivity index (χ4n) is 2.13. The van der Waals surface area contributed by atoms with Crippen LogP contribution in [0.15, 0.2) is 30.5 Å². The van der Waals surface area contributed by atoms with Crippen molar-refractivity contribution in [2.24, 2.45) is 0 Å². The lowest BCUT2D eigenvalue weighted by Crippen LogP contribution is -2.26. The second-order valence-corrected chi connectivity index (χ2v) is 5.72. The van der Waals surface area contributed by atoms with Crippen molar-refractivity contribution in [1.82, 2.24) is 4.57 Å². The minimum Gasteiger partial charge on any atom is -0.443 e. The van der Waals surface area contributed by atoms with Gasteiger partial charge >= 0.3 is 6.09 Å². The Kier molecular flexibility index (Phi) is 3.93. The van der Waals surface area contributed by atoms with Crippen LogP contribution in [-0.4, -0.2) is 22.5 Å². The first-order chi connectivity index (χ1) is 9.42. The smallest absolute Gasteiger partial charge is 0.418 e. The van der Waals surface area contributed by atoms with Crippen LogP contribution in [0.4, 0.5) is 4.79 Å². The fourth-order valence-corrected chi connectivity index (χ4v) is 2.13. The number of fused-ring (bicyclic) bond motifs is 1. The number of aldehydes is 1. The van der Waals surface area contributed by atoms with Crippen LogP contribution in [0.5, 0.6) is 0 Å². The maximum Gasteiger partial charge on any atom is 0.418 e. The van der Waals surface area contributed by atoms with Crippen LogP contribution in [0.25, 0.3) is 10.9 Å². The van der Waals surface area contributed by atoms with Gasteiger partial charge in [-0.2, -0.15) is 0 Å². The zero-order valence-electron chi connectivity index (χ0n) is 12.1. The summed E-state index contributed by atoms with van der Waals surface area (Å²) in [6, 6.07) is 7.64. The van der Waals surface area contributed by atoms with Crippen molar-refractivity contribution >= 4 is 23.3 Å². The van der Waals surface area contributed by atoms with E-state index in [-0.39, 0.29) is 6.09 Å². The van der Waals surface area contributed by atoms with Gasteiger partial charge < -0.3 is 9.53 Å². The molecule has 0 bridgehead atoms. The number of hydrogen-bond acceptors (Lipinski definition) is 3. The van der Waals surface area contributed by atoms with Crippen molar-refractivity contribution in [3.63, 3.8) is 0 Å². The summed E-state index contributed by atoms with van der Waals surface area (Å²) in [6.07, 6.45) is 3.39. The highest BCUT2D eigenvalue weighted by Crippen LogP contribution is 2.22. The highest BCUT2D eigenvalue weighted by atomic mass is 16.6. The summed E-state index contributed by atoms with van der Waals surface area (Å²) in [5.74, 6) is 0. The lowest BCUT2D eigenvalue weighted by molar-refractivity contribution is -0.107. The van der Waals surface area contributed by atoms with Crippen molar-refractivity contribution in [2.45, 2.75) is 39.2 Å². The van der Waals surface area contributed by atoms with Crippen LogP contribution in [0.1, 0.15) is 32.8 Å². The van der Waals surface area contributed by atoms with E-state index < -0.39 is 5.60 Å². The maximum absolute atomic E-state index is 12.1. The maximum atomic E-state index is 12.1. The minimum absolute atomic E-state index is 0.389. The first kappa shape index (κ1) is 14.3. The number of ether oxygens (including phenoxy) is 1. The van der Waals surface area contributed by atoms with Gasteiger partial charge in [-0.25, -0.2) is 4.79 Å². The Morgan fingerprint density at radius 1 is 1.30 bits per heavy atom. The summed E-state index contributed by atoms with van der Waals surface area (Å²) < 4.78 is 6.88. The quantitative estimate of drug-likeness (QED) is 0.803. The van der Waals surface area contributed by atoms with E-state index in [0.717, 1.165) is 22.8 Å². The van der Waals surface area contributed by atoms with E-state index in [4.69, 9.17) is 4.74 Å². The average Bonchev–Trinajstić information content (AvgIpc) is 2.78. The summed E-state index contributed by atoms with van der Waals surface area (Å²) in [5.41, 5.74) is 1.35. The number of carbonyl (C=O) groups is 2. The summed E-state index contributed by atoms with van der Waals surface area (Å²) in [7, 11) is 0. The van der Waals surface area contributed by atoms with Crippen LogP contribution in [-0.2, 0) is 16.0 Å². The molecule has 2 aromatic rings. The van der Waals surface area contributed by atoms with E-state index in [1.54, 1.807) is 6.20 Å². The first-order valence-electron chi connectivity index (χ1n) is 6.68. The van der Waals surface area contributed by atoms with Crippen molar-refractivity contribution < 1.29 is 14.3 Å². The molecule has 106 valence electrons. The number of benzene rings is 1. The van der Waals surface area contributed by atoms with Gasteiger partial charge in [-0.15, -0.1) is 0 Å². The van der Waals surface area contributed by atoms with E-state index in [2.05, 4.69) is 0 Å². The number of carbonyl (C=O) groups excluding carboxylic acids is 2. The van der Waals surface area contributed by atoms with E-state index in [1.165, 1.54) is 4.57 Å². The van der Waals surface area contributed by atoms with Gasteiger partial charge in [0.05, 0.1) is 5.52 Å². The van der Waals surface area contributed by atoms with Crippen LogP contribution in [0.3, 0.4) is 0 Å². The molecule has 0 fully saturated rings. The average molecular weight is 273 g/mol. The molecule has 4 heteroatoms. The summed E-state index contributed by atoms with van der Waals surface area (Å²) in [5, 5.41) is 0.986. The summed E-state index contributed by atoms with van der Waals surface area (Å²) in [4.78, 5) is 22.7. The van der Waals surface area contributed by atoms with Gasteiger partial charge in [-0.3, -0.25) is 4.57 Å². The number of rotatable bonds is 3. The molecule has 1 aromatic heterocycles. The highest BCUT2D eigenvalue weighted by molar-refractivity contribution is 5.91. The summed E-state index contributed by atoms with van der Waals surface area (Å²) >= 11 is 0. The van der Waals surface area contributed by atoms with Crippen LogP contribution in [0.2, 0.25) is 0 Å². The Labute approximate surface area is 118 Å². The lowest BCUT2D eigenvalue weighted by Gasteiger charge is -2.19. The van der Waals surface area contributed by atoms with Crippen molar-refractivity contribution in [3.8, 4) is 0 Å². The molecule has 2 rings (SSSR count). The van der Waals surface area contributed by atoms with Crippen molar-refractivity contribution in [1.29, 1.82) is 0 Å². The second-order valence-electron chi connectivity index (χ2n) is 5.72. The number of nitrogens with zero attached hydrogens (tertiary/aromatic N) is 1. The molecule has 4 nitrogen and oxygen atoms in total. The zero-order chi connectivity index (χ0) is 14.8. The van der Waals surface area contributed by atoms with Crippen LogP contribution < -0.4 is 0 Å². The fraction of sp³-hybridized carbons (Fsp3) is 0.375. The molecule has 0 N–H and O–H groups in total. The zero-order valence-corrected chi connectivity index (χ0v) is 12.1. The van der Waals surface area contributed by atoms with E-state index in [9.17, 15) is 9.59 Å².